The Labute approximate surface area is 195 Å². The van der Waals surface area contributed by atoms with Gasteiger partial charge in [0.2, 0.25) is 0 Å². The molecule has 0 saturated carbocycles. The van der Waals surface area contributed by atoms with Gasteiger partial charge in [-0.25, -0.2) is 0 Å². The molecule has 0 aliphatic carbocycles. The van der Waals surface area contributed by atoms with Crippen LogP contribution >= 0.6 is 0 Å². The summed E-state index contributed by atoms with van der Waals surface area (Å²) < 4.78 is 19.5. The quantitative estimate of drug-likeness (QED) is 0.0810. The molecule has 2 nitrogen and oxygen atoms in total. The summed E-state index contributed by atoms with van der Waals surface area (Å²) in [5, 5.41) is 0. The van der Waals surface area contributed by atoms with Crippen molar-refractivity contribution in [3.8, 4) is 0 Å². The van der Waals surface area contributed by atoms with E-state index in [1.807, 2.05) is 0 Å². The Morgan fingerprint density at radius 3 is 1.77 bits per heavy atom. The standard InChI is InChI=1S/C14H29O2Si.3C4H9.Sn/c1-6-8-9-10-14(7-2)16-13-15-11-12-17(3,4)5;3*1-3-4-2;/h2,7,14H,6,8-13H2,1,3-5H3;3*1,3-4H2,2H3;/t14-;;;;/m1..../s1. The molecule has 180 valence electrons. The second kappa shape index (κ2) is 19.2. The van der Waals surface area contributed by atoms with E-state index in [0.29, 0.717) is 6.79 Å². The zero-order valence-electron chi connectivity index (χ0n) is 21.9. The third kappa shape index (κ3) is 17.3. The SMILES string of the molecule is CCCCC[C@@H](/C=[CH]/[Sn]([CH2]CCC)([CH2]CCC)[CH2]CCC)OCOCC[Si](C)(C)C. The Morgan fingerprint density at radius 2 is 1.30 bits per heavy atom. The van der Waals surface area contributed by atoms with Gasteiger partial charge in [0.05, 0.1) is 0 Å². The Morgan fingerprint density at radius 1 is 0.767 bits per heavy atom. The molecule has 0 spiro atoms. The van der Waals surface area contributed by atoms with Gasteiger partial charge in [-0.05, 0) is 0 Å². The van der Waals surface area contributed by atoms with E-state index in [4.69, 9.17) is 9.47 Å². The Hall–Kier alpha value is 0.676. The van der Waals surface area contributed by atoms with E-state index < -0.39 is 26.5 Å². The minimum absolute atomic E-state index is 0.254. The van der Waals surface area contributed by atoms with E-state index in [9.17, 15) is 0 Å². The van der Waals surface area contributed by atoms with Crippen LogP contribution in [0.2, 0.25) is 39.0 Å². The van der Waals surface area contributed by atoms with Gasteiger partial charge in [0.15, 0.2) is 0 Å². The normalized spacial score (nSPS) is 14.0. The Kier molecular flexibility index (Phi) is 19.6. The van der Waals surface area contributed by atoms with Gasteiger partial charge in [0.25, 0.3) is 0 Å². The van der Waals surface area contributed by atoms with E-state index in [2.05, 4.69) is 57.5 Å². The summed E-state index contributed by atoms with van der Waals surface area (Å²) in [6.45, 7) is 17.9. The van der Waals surface area contributed by atoms with Crippen LogP contribution in [0, 0.1) is 0 Å². The van der Waals surface area contributed by atoms with Crippen molar-refractivity contribution >= 4 is 26.5 Å². The predicted octanol–water partition coefficient (Wildman–Crippen LogP) is 9.21. The van der Waals surface area contributed by atoms with Gasteiger partial charge in [0.1, 0.15) is 0 Å². The van der Waals surface area contributed by atoms with Gasteiger partial charge in [-0.3, -0.25) is 0 Å². The molecule has 0 amide bonds. The summed E-state index contributed by atoms with van der Waals surface area (Å²) >= 11 is -2.22. The summed E-state index contributed by atoms with van der Waals surface area (Å²) in [7, 11) is -1.03. The summed E-state index contributed by atoms with van der Waals surface area (Å²) in [5.74, 6) is 0. The van der Waals surface area contributed by atoms with Crippen molar-refractivity contribution in [1.29, 1.82) is 0 Å². The maximum atomic E-state index is 6.25. The van der Waals surface area contributed by atoms with Gasteiger partial charge < -0.3 is 0 Å². The van der Waals surface area contributed by atoms with E-state index in [-0.39, 0.29) is 6.10 Å². The molecular weight excluding hydrogens is 491 g/mol. The van der Waals surface area contributed by atoms with Crippen LogP contribution in [0.15, 0.2) is 10.2 Å². The zero-order valence-corrected chi connectivity index (χ0v) is 25.7. The summed E-state index contributed by atoms with van der Waals surface area (Å²) in [6, 6.07) is 1.22. The molecule has 0 N–H and O–H groups in total. The topological polar surface area (TPSA) is 18.5 Å². The monoisotopic (exact) mass is 548 g/mol. The minimum atomic E-state index is -2.22. The fourth-order valence-electron chi connectivity index (χ4n) is 3.93. The van der Waals surface area contributed by atoms with Gasteiger partial charge >= 0.3 is 196 Å². The number of rotatable bonds is 21. The second-order valence-corrected chi connectivity index (χ2v) is 29.2. The molecule has 0 bridgehead atoms. The number of ether oxygens (including phenoxy) is 2. The molecule has 0 saturated heterocycles. The first kappa shape index (κ1) is 30.7. The summed E-state index contributed by atoms with van der Waals surface area (Å²) in [5.41, 5.74) is 0. The van der Waals surface area contributed by atoms with Crippen LogP contribution in [0.4, 0.5) is 0 Å². The van der Waals surface area contributed by atoms with Crippen molar-refractivity contribution in [2.45, 2.75) is 137 Å². The molecule has 1 atom stereocenters. The average Bonchev–Trinajstić information content (AvgIpc) is 2.71. The van der Waals surface area contributed by atoms with Crippen LogP contribution in [0.3, 0.4) is 0 Å². The van der Waals surface area contributed by atoms with Crippen molar-refractivity contribution in [3.05, 3.63) is 10.2 Å². The van der Waals surface area contributed by atoms with E-state index in [0.717, 1.165) is 13.0 Å². The second-order valence-electron chi connectivity index (χ2n) is 10.6. The number of hydrogen-bond acceptors (Lipinski definition) is 2. The van der Waals surface area contributed by atoms with Crippen LogP contribution in [-0.4, -0.2) is 46.0 Å². The average molecular weight is 548 g/mol. The first-order chi connectivity index (χ1) is 14.3. The number of unbranched alkanes of at least 4 members (excludes halogenated alkanes) is 5. The van der Waals surface area contributed by atoms with E-state index in [1.165, 1.54) is 77.1 Å². The van der Waals surface area contributed by atoms with Crippen molar-refractivity contribution in [2.75, 3.05) is 13.4 Å². The molecule has 0 aliphatic rings. The van der Waals surface area contributed by atoms with Crippen LogP contribution in [0.25, 0.3) is 0 Å². The van der Waals surface area contributed by atoms with Gasteiger partial charge in [-0.1, -0.05) is 0 Å². The van der Waals surface area contributed by atoms with Crippen LogP contribution in [0.5, 0.6) is 0 Å². The molecule has 0 heterocycles. The molecule has 0 aromatic heterocycles. The van der Waals surface area contributed by atoms with E-state index >= 15 is 0 Å². The molecule has 0 fully saturated rings. The molecule has 30 heavy (non-hydrogen) atoms. The molecule has 0 aromatic rings. The molecular formula is C26H56O2SiSn. The predicted molar refractivity (Wildman–Crippen MR) is 142 cm³/mol. The third-order valence-corrected chi connectivity index (χ3v) is 22.0. The fraction of sp³-hybridized carbons (Fsp3) is 0.923. The molecule has 0 aromatic carbocycles. The molecule has 0 radical (unpaired) electrons. The van der Waals surface area contributed by atoms with E-state index in [1.54, 1.807) is 0 Å². The van der Waals surface area contributed by atoms with Gasteiger partial charge in [-0.2, -0.15) is 0 Å². The Bertz CT molecular complexity index is 385. The van der Waals surface area contributed by atoms with Crippen LogP contribution < -0.4 is 0 Å². The Balaban J connectivity index is 5.05. The van der Waals surface area contributed by atoms with Crippen molar-refractivity contribution in [3.63, 3.8) is 0 Å². The first-order valence-electron chi connectivity index (χ1n) is 13.2. The number of hydrogen-bond donors (Lipinski definition) is 0. The first-order valence-corrected chi connectivity index (χ1v) is 24.6. The molecule has 0 aliphatic heterocycles. The maximum absolute atomic E-state index is 6.25. The molecule has 0 rings (SSSR count). The van der Waals surface area contributed by atoms with Crippen molar-refractivity contribution < 1.29 is 9.47 Å². The van der Waals surface area contributed by atoms with Crippen molar-refractivity contribution in [1.82, 2.24) is 0 Å². The van der Waals surface area contributed by atoms with Crippen LogP contribution in [-0.2, 0) is 9.47 Å². The van der Waals surface area contributed by atoms with Gasteiger partial charge in [0, 0.05) is 0 Å². The molecule has 4 heteroatoms. The summed E-state index contributed by atoms with van der Waals surface area (Å²) in [4.78, 5) is 0. The zero-order chi connectivity index (χ0) is 22.7. The fourth-order valence-corrected chi connectivity index (χ4v) is 19.1. The van der Waals surface area contributed by atoms with Crippen LogP contribution in [0.1, 0.15) is 91.9 Å². The third-order valence-electron chi connectivity index (χ3n) is 6.20. The van der Waals surface area contributed by atoms with Crippen molar-refractivity contribution in [2.24, 2.45) is 0 Å². The van der Waals surface area contributed by atoms with Gasteiger partial charge in [-0.15, -0.1) is 0 Å². The summed E-state index contributed by atoms with van der Waals surface area (Å²) in [6.07, 6.45) is 16.1. The molecule has 0 unspecified atom stereocenters.